The zero-order valence-corrected chi connectivity index (χ0v) is 13.2. The SMILES string of the molecule is CCCCCCNC(=O)CSc1ncnc2ccccc12. The molecule has 2 aromatic rings. The van der Waals surface area contributed by atoms with E-state index in [9.17, 15) is 4.79 Å². The number of aromatic nitrogens is 2. The van der Waals surface area contributed by atoms with E-state index < -0.39 is 0 Å². The predicted octanol–water partition coefficient (Wildman–Crippen LogP) is 3.42. The highest BCUT2D eigenvalue weighted by molar-refractivity contribution is 8.00. The molecule has 1 aromatic heterocycles. The van der Waals surface area contributed by atoms with Crippen molar-refractivity contribution in [1.29, 1.82) is 0 Å². The fourth-order valence-corrected chi connectivity index (χ4v) is 2.88. The molecule has 1 amide bonds. The van der Waals surface area contributed by atoms with Crippen molar-refractivity contribution in [3.8, 4) is 0 Å². The minimum absolute atomic E-state index is 0.0687. The topological polar surface area (TPSA) is 54.9 Å². The number of hydrogen-bond acceptors (Lipinski definition) is 4. The number of amides is 1. The van der Waals surface area contributed by atoms with Gasteiger partial charge in [-0.3, -0.25) is 4.79 Å². The second-order valence-corrected chi connectivity index (χ2v) is 5.86. The average molecular weight is 303 g/mol. The Labute approximate surface area is 129 Å². The van der Waals surface area contributed by atoms with E-state index in [1.807, 2.05) is 24.3 Å². The monoisotopic (exact) mass is 303 g/mol. The van der Waals surface area contributed by atoms with Gasteiger partial charge in [0, 0.05) is 11.9 Å². The quantitative estimate of drug-likeness (QED) is 0.461. The summed E-state index contributed by atoms with van der Waals surface area (Å²) in [5.74, 6) is 0.466. The second-order valence-electron chi connectivity index (χ2n) is 4.90. The summed E-state index contributed by atoms with van der Waals surface area (Å²) in [5, 5.41) is 4.82. The number of nitrogens with one attached hydrogen (secondary N) is 1. The maximum absolute atomic E-state index is 11.8. The van der Waals surface area contributed by atoms with Crippen LogP contribution in [0.1, 0.15) is 32.6 Å². The minimum atomic E-state index is 0.0687. The summed E-state index contributed by atoms with van der Waals surface area (Å²) >= 11 is 1.46. The zero-order chi connectivity index (χ0) is 14.9. The van der Waals surface area contributed by atoms with Crippen LogP contribution in [0, 0.1) is 0 Å². The van der Waals surface area contributed by atoms with Gasteiger partial charge in [-0.2, -0.15) is 0 Å². The Morgan fingerprint density at radius 2 is 2.05 bits per heavy atom. The molecule has 5 heteroatoms. The molecule has 4 nitrogen and oxygen atoms in total. The molecule has 21 heavy (non-hydrogen) atoms. The number of rotatable bonds is 8. The molecule has 0 aliphatic heterocycles. The third-order valence-electron chi connectivity index (χ3n) is 3.20. The number of thioether (sulfide) groups is 1. The molecule has 0 unspecified atom stereocenters. The summed E-state index contributed by atoms with van der Waals surface area (Å²) in [4.78, 5) is 20.3. The Kier molecular flexibility index (Phi) is 6.47. The van der Waals surface area contributed by atoms with E-state index in [2.05, 4.69) is 22.2 Å². The van der Waals surface area contributed by atoms with Crippen LogP contribution < -0.4 is 5.32 Å². The lowest BCUT2D eigenvalue weighted by Gasteiger charge is -2.06. The number of unbranched alkanes of at least 4 members (excludes halogenated alkanes) is 3. The summed E-state index contributed by atoms with van der Waals surface area (Å²) < 4.78 is 0. The standard InChI is InChI=1S/C16H21N3OS/c1-2-3-4-7-10-17-15(20)11-21-16-13-8-5-6-9-14(13)18-12-19-16/h5-6,8-9,12H,2-4,7,10-11H2,1H3,(H,17,20). The van der Waals surface area contributed by atoms with Gasteiger partial charge >= 0.3 is 0 Å². The molecule has 0 atom stereocenters. The molecular formula is C16H21N3OS. The molecular weight excluding hydrogens is 282 g/mol. The van der Waals surface area contributed by atoms with Gasteiger partial charge in [0.25, 0.3) is 0 Å². The third-order valence-corrected chi connectivity index (χ3v) is 4.20. The van der Waals surface area contributed by atoms with Crippen LogP contribution in [0.4, 0.5) is 0 Å². The van der Waals surface area contributed by atoms with Crippen molar-refractivity contribution in [2.45, 2.75) is 37.6 Å². The van der Waals surface area contributed by atoms with Gasteiger partial charge in [0.2, 0.25) is 5.91 Å². The van der Waals surface area contributed by atoms with Crippen molar-refractivity contribution >= 4 is 28.6 Å². The van der Waals surface area contributed by atoms with Crippen LogP contribution in [0.25, 0.3) is 10.9 Å². The molecule has 0 saturated heterocycles. The average Bonchev–Trinajstić information content (AvgIpc) is 2.52. The van der Waals surface area contributed by atoms with Gasteiger partial charge < -0.3 is 5.32 Å². The summed E-state index contributed by atoms with van der Waals surface area (Å²) in [6, 6.07) is 7.85. The predicted molar refractivity (Wildman–Crippen MR) is 87.4 cm³/mol. The summed E-state index contributed by atoms with van der Waals surface area (Å²) in [7, 11) is 0. The Morgan fingerprint density at radius 3 is 2.90 bits per heavy atom. The molecule has 112 valence electrons. The first-order valence-corrected chi connectivity index (χ1v) is 8.39. The van der Waals surface area contributed by atoms with E-state index in [1.165, 1.54) is 31.0 Å². The van der Waals surface area contributed by atoms with E-state index in [0.29, 0.717) is 5.75 Å². The van der Waals surface area contributed by atoms with Crippen LogP contribution in [0.3, 0.4) is 0 Å². The summed E-state index contributed by atoms with van der Waals surface area (Å²) in [6.45, 7) is 2.95. The largest absolute Gasteiger partial charge is 0.355 e. The van der Waals surface area contributed by atoms with Gasteiger partial charge in [-0.25, -0.2) is 9.97 Å². The number of hydrogen-bond donors (Lipinski definition) is 1. The van der Waals surface area contributed by atoms with Crippen LogP contribution in [0.15, 0.2) is 35.6 Å². The van der Waals surface area contributed by atoms with E-state index in [1.54, 1.807) is 6.33 Å². The Bertz CT molecular complexity index is 583. The smallest absolute Gasteiger partial charge is 0.230 e. The first kappa shape index (κ1) is 15.8. The van der Waals surface area contributed by atoms with Crippen molar-refractivity contribution in [3.05, 3.63) is 30.6 Å². The van der Waals surface area contributed by atoms with Gasteiger partial charge in [-0.1, -0.05) is 56.1 Å². The molecule has 0 bridgehead atoms. The van der Waals surface area contributed by atoms with Crippen molar-refractivity contribution in [2.75, 3.05) is 12.3 Å². The number of carbonyl (C=O) groups excluding carboxylic acids is 1. The van der Waals surface area contributed by atoms with E-state index in [4.69, 9.17) is 0 Å². The van der Waals surface area contributed by atoms with Gasteiger partial charge in [-0.15, -0.1) is 0 Å². The number of para-hydroxylation sites is 1. The van der Waals surface area contributed by atoms with Crippen molar-refractivity contribution in [1.82, 2.24) is 15.3 Å². The minimum Gasteiger partial charge on any atom is -0.355 e. The lowest BCUT2D eigenvalue weighted by molar-refractivity contribution is -0.118. The Hall–Kier alpha value is -1.62. The molecule has 0 fully saturated rings. The first-order valence-electron chi connectivity index (χ1n) is 7.40. The highest BCUT2D eigenvalue weighted by Gasteiger charge is 2.07. The zero-order valence-electron chi connectivity index (χ0n) is 12.3. The van der Waals surface area contributed by atoms with E-state index >= 15 is 0 Å². The second kappa shape index (κ2) is 8.62. The molecule has 0 aliphatic carbocycles. The summed E-state index contributed by atoms with van der Waals surface area (Å²) in [5.41, 5.74) is 0.912. The van der Waals surface area contributed by atoms with E-state index in [-0.39, 0.29) is 5.91 Å². The normalized spacial score (nSPS) is 10.7. The molecule has 1 aromatic carbocycles. The number of nitrogens with zero attached hydrogens (tertiary/aromatic N) is 2. The van der Waals surface area contributed by atoms with Gasteiger partial charge in [0.1, 0.15) is 11.4 Å². The molecule has 0 radical (unpaired) electrons. The van der Waals surface area contributed by atoms with E-state index in [0.717, 1.165) is 28.9 Å². The molecule has 0 spiro atoms. The van der Waals surface area contributed by atoms with Crippen LogP contribution in [0.5, 0.6) is 0 Å². The van der Waals surface area contributed by atoms with Gasteiger partial charge in [-0.05, 0) is 12.5 Å². The maximum Gasteiger partial charge on any atom is 0.230 e. The van der Waals surface area contributed by atoms with Crippen molar-refractivity contribution in [2.24, 2.45) is 0 Å². The molecule has 1 N–H and O–H groups in total. The van der Waals surface area contributed by atoms with Crippen molar-refractivity contribution < 1.29 is 4.79 Å². The summed E-state index contributed by atoms with van der Waals surface area (Å²) in [6.07, 6.45) is 6.23. The molecule has 2 rings (SSSR count). The fraction of sp³-hybridized carbons (Fsp3) is 0.438. The molecule has 0 aliphatic rings. The first-order chi connectivity index (χ1) is 10.3. The highest BCUT2D eigenvalue weighted by atomic mass is 32.2. The van der Waals surface area contributed by atoms with Crippen molar-refractivity contribution in [3.63, 3.8) is 0 Å². The van der Waals surface area contributed by atoms with Crippen LogP contribution in [-0.4, -0.2) is 28.2 Å². The highest BCUT2D eigenvalue weighted by Crippen LogP contribution is 2.23. The lowest BCUT2D eigenvalue weighted by atomic mass is 10.2. The van der Waals surface area contributed by atoms with Gasteiger partial charge in [0.15, 0.2) is 0 Å². The van der Waals surface area contributed by atoms with Crippen LogP contribution in [0.2, 0.25) is 0 Å². The maximum atomic E-state index is 11.8. The fourth-order valence-electron chi connectivity index (χ4n) is 2.06. The molecule has 0 saturated carbocycles. The Morgan fingerprint density at radius 1 is 1.19 bits per heavy atom. The van der Waals surface area contributed by atoms with Gasteiger partial charge in [0.05, 0.1) is 11.3 Å². The Balaban J connectivity index is 1.80. The molecule has 1 heterocycles. The lowest BCUT2D eigenvalue weighted by Crippen LogP contribution is -2.26. The van der Waals surface area contributed by atoms with Crippen LogP contribution in [-0.2, 0) is 4.79 Å². The third kappa shape index (κ3) is 5.01. The number of carbonyl (C=O) groups is 1. The number of fused-ring (bicyclic) bond motifs is 1. The van der Waals surface area contributed by atoms with Crippen LogP contribution >= 0.6 is 11.8 Å². The number of benzene rings is 1.